The van der Waals surface area contributed by atoms with Gasteiger partial charge >= 0.3 is 5.97 Å². The van der Waals surface area contributed by atoms with Crippen LogP contribution in [0.25, 0.3) is 0 Å². The molecule has 3 saturated carbocycles. The minimum atomic E-state index is -0.678. The first-order chi connectivity index (χ1) is 17.0. The van der Waals surface area contributed by atoms with E-state index in [-0.39, 0.29) is 57.1 Å². The minimum absolute atomic E-state index is 0.0230. The molecule has 5 aliphatic carbocycles. The lowest BCUT2D eigenvalue weighted by molar-refractivity contribution is -0.191. The number of fused-ring (bicyclic) bond motifs is 7. The topological polar surface area (TPSA) is 77.5 Å². The zero-order chi connectivity index (χ0) is 27.4. The Balaban J connectivity index is 1.70. The van der Waals surface area contributed by atoms with E-state index in [1.165, 1.54) is 7.11 Å². The third-order valence-corrected chi connectivity index (χ3v) is 12.5. The van der Waals surface area contributed by atoms with Crippen LogP contribution in [0.4, 0.5) is 0 Å². The number of ketones is 2. The first-order valence-corrected chi connectivity index (χ1v) is 14.1. The molecule has 0 radical (unpaired) electrons. The summed E-state index contributed by atoms with van der Waals surface area (Å²) < 4.78 is 5.40. The van der Waals surface area contributed by atoms with Gasteiger partial charge in [-0.15, -0.1) is 0 Å². The van der Waals surface area contributed by atoms with E-state index in [1.807, 2.05) is 26.0 Å². The number of methoxy groups -OCH3 is 1. The van der Waals surface area contributed by atoms with Gasteiger partial charge in [0.1, 0.15) is 0 Å². The van der Waals surface area contributed by atoms with Crippen molar-refractivity contribution in [3.05, 3.63) is 23.3 Å². The maximum absolute atomic E-state index is 14.4. The van der Waals surface area contributed by atoms with Gasteiger partial charge in [-0.05, 0) is 79.1 Å². The van der Waals surface area contributed by atoms with Crippen LogP contribution < -0.4 is 0 Å². The maximum atomic E-state index is 14.4. The number of rotatable bonds is 2. The minimum Gasteiger partial charge on any atom is -0.469 e. The molecule has 0 aromatic rings. The van der Waals surface area contributed by atoms with E-state index >= 15 is 0 Å². The number of carbonyl (C=O) groups is 4. The molecular formula is C32H44O5. The Bertz CT molecular complexity index is 1160. The molecule has 5 rings (SSSR count). The van der Waals surface area contributed by atoms with Crippen LogP contribution >= 0.6 is 0 Å². The summed E-state index contributed by atoms with van der Waals surface area (Å²) in [5, 5.41) is 0. The van der Waals surface area contributed by atoms with Crippen LogP contribution in [0.1, 0.15) is 93.4 Å². The fraction of sp³-hybridized carbons (Fsp3) is 0.750. The summed E-state index contributed by atoms with van der Waals surface area (Å²) in [6.07, 6.45) is 10.3. The van der Waals surface area contributed by atoms with Crippen molar-refractivity contribution in [2.75, 3.05) is 7.11 Å². The summed E-state index contributed by atoms with van der Waals surface area (Å²) in [4.78, 5) is 52.9. The van der Waals surface area contributed by atoms with Crippen molar-refractivity contribution >= 4 is 23.8 Å². The van der Waals surface area contributed by atoms with Gasteiger partial charge in [-0.1, -0.05) is 60.1 Å². The lowest BCUT2D eigenvalue weighted by Gasteiger charge is -2.68. The Labute approximate surface area is 221 Å². The molecular weight excluding hydrogens is 464 g/mol. The SMILES string of the molecule is COC(=O)[C@]12CCC(C)(C)C[C@H]1[C@H]1C(=O)C=C3[C@@]4(C)C=C(C=O)C(=O)C(C)(C)[C@@H]4CC[C@@]3(C)[C@]1(C)CC2. The van der Waals surface area contributed by atoms with Crippen molar-refractivity contribution in [2.24, 2.45) is 50.2 Å². The highest BCUT2D eigenvalue weighted by Crippen LogP contribution is 2.74. The maximum Gasteiger partial charge on any atom is 0.312 e. The summed E-state index contributed by atoms with van der Waals surface area (Å²) in [6.45, 7) is 15.2. The van der Waals surface area contributed by atoms with Gasteiger partial charge in [0.25, 0.3) is 0 Å². The number of Topliss-reactive ketones (excluding diaryl/α,β-unsaturated/α-hetero) is 1. The van der Waals surface area contributed by atoms with Crippen molar-refractivity contribution in [1.29, 1.82) is 0 Å². The first-order valence-electron chi connectivity index (χ1n) is 14.1. The number of allylic oxidation sites excluding steroid dienone is 4. The summed E-state index contributed by atoms with van der Waals surface area (Å²) >= 11 is 0. The van der Waals surface area contributed by atoms with E-state index in [4.69, 9.17) is 4.74 Å². The van der Waals surface area contributed by atoms with Crippen LogP contribution in [-0.4, -0.2) is 30.9 Å². The molecule has 5 aliphatic rings. The van der Waals surface area contributed by atoms with Crippen LogP contribution in [0.15, 0.2) is 23.3 Å². The fourth-order valence-corrected chi connectivity index (χ4v) is 10.2. The molecule has 3 fully saturated rings. The number of hydrogen-bond acceptors (Lipinski definition) is 5. The van der Waals surface area contributed by atoms with Crippen LogP contribution in [0.3, 0.4) is 0 Å². The predicted octanol–water partition coefficient (Wildman–Crippen LogP) is 6.05. The molecule has 0 spiro atoms. The van der Waals surface area contributed by atoms with E-state index in [9.17, 15) is 19.2 Å². The van der Waals surface area contributed by atoms with Gasteiger partial charge in [-0.3, -0.25) is 19.2 Å². The molecule has 7 atom stereocenters. The molecule has 0 aromatic carbocycles. The van der Waals surface area contributed by atoms with Gasteiger partial charge in [-0.2, -0.15) is 0 Å². The van der Waals surface area contributed by atoms with Crippen molar-refractivity contribution in [3.8, 4) is 0 Å². The van der Waals surface area contributed by atoms with Gasteiger partial charge in [-0.25, -0.2) is 0 Å². The summed E-state index contributed by atoms with van der Waals surface area (Å²) in [5.41, 5.74) is -1.05. The van der Waals surface area contributed by atoms with E-state index in [0.717, 1.165) is 50.5 Å². The molecule has 37 heavy (non-hydrogen) atoms. The summed E-state index contributed by atoms with van der Waals surface area (Å²) in [6, 6.07) is 0. The van der Waals surface area contributed by atoms with Gasteiger partial charge in [0, 0.05) is 16.7 Å². The van der Waals surface area contributed by atoms with Crippen molar-refractivity contribution < 1.29 is 23.9 Å². The first kappa shape index (κ1) is 26.6. The smallest absolute Gasteiger partial charge is 0.312 e. The van der Waals surface area contributed by atoms with Crippen LogP contribution in [0.5, 0.6) is 0 Å². The Morgan fingerprint density at radius 1 is 0.973 bits per heavy atom. The molecule has 0 heterocycles. The highest BCUT2D eigenvalue weighted by molar-refractivity contribution is 6.15. The second-order valence-corrected chi connectivity index (χ2v) is 15.0. The molecule has 0 N–H and O–H groups in total. The van der Waals surface area contributed by atoms with E-state index in [0.29, 0.717) is 6.29 Å². The quantitative estimate of drug-likeness (QED) is 0.258. The third kappa shape index (κ3) is 3.15. The zero-order valence-electron chi connectivity index (χ0n) is 24.0. The monoisotopic (exact) mass is 508 g/mol. The third-order valence-electron chi connectivity index (χ3n) is 12.5. The van der Waals surface area contributed by atoms with Gasteiger partial charge in [0.15, 0.2) is 17.9 Å². The largest absolute Gasteiger partial charge is 0.469 e. The Morgan fingerprint density at radius 2 is 1.62 bits per heavy atom. The number of hydrogen-bond donors (Lipinski definition) is 0. The molecule has 0 saturated heterocycles. The Kier molecular flexibility index (Phi) is 5.57. The van der Waals surface area contributed by atoms with E-state index < -0.39 is 16.2 Å². The lowest BCUT2D eigenvalue weighted by atomic mass is 9.34. The molecule has 0 bridgehead atoms. The molecule has 0 aliphatic heterocycles. The summed E-state index contributed by atoms with van der Waals surface area (Å²) in [5.74, 6) is -0.407. The Morgan fingerprint density at radius 3 is 2.24 bits per heavy atom. The number of carbonyl (C=O) groups excluding carboxylic acids is 4. The van der Waals surface area contributed by atoms with Crippen molar-refractivity contribution in [3.63, 3.8) is 0 Å². The predicted molar refractivity (Wildman–Crippen MR) is 141 cm³/mol. The fourth-order valence-electron chi connectivity index (χ4n) is 10.2. The standard InChI is InChI=1S/C32H44O5/c1-27(2)11-13-32(26(36)37-8)14-12-31(7)24(20(32)17-27)21(34)15-23-29(5)16-19(18-33)25(35)28(3,4)22(29)9-10-30(23,31)6/h15-16,18,20,22,24H,9-14,17H2,1-8H3/t20-,22-,24-,29-,30+,31+,32-/m0/s1. The van der Waals surface area contributed by atoms with Gasteiger partial charge < -0.3 is 4.74 Å². The van der Waals surface area contributed by atoms with Crippen LogP contribution in [-0.2, 0) is 23.9 Å². The molecule has 5 nitrogen and oxygen atoms in total. The lowest BCUT2D eigenvalue weighted by Crippen LogP contribution is -2.65. The molecule has 0 amide bonds. The number of aldehydes is 1. The van der Waals surface area contributed by atoms with Crippen molar-refractivity contribution in [2.45, 2.75) is 93.4 Å². The van der Waals surface area contributed by atoms with Gasteiger partial charge in [0.2, 0.25) is 0 Å². The highest BCUT2D eigenvalue weighted by atomic mass is 16.5. The summed E-state index contributed by atoms with van der Waals surface area (Å²) in [7, 11) is 1.48. The average Bonchev–Trinajstić information content (AvgIpc) is 2.82. The highest BCUT2D eigenvalue weighted by Gasteiger charge is 2.71. The van der Waals surface area contributed by atoms with Crippen LogP contribution in [0, 0.1) is 50.2 Å². The van der Waals surface area contributed by atoms with Crippen molar-refractivity contribution in [1.82, 2.24) is 0 Å². The van der Waals surface area contributed by atoms with E-state index in [2.05, 4.69) is 34.6 Å². The normalized spacial score (nSPS) is 45.8. The molecule has 5 heteroatoms. The zero-order valence-corrected chi connectivity index (χ0v) is 24.0. The van der Waals surface area contributed by atoms with Gasteiger partial charge in [0.05, 0.1) is 18.1 Å². The average molecular weight is 509 g/mol. The number of ether oxygens (including phenoxy) is 1. The molecule has 0 unspecified atom stereocenters. The second kappa shape index (κ2) is 7.76. The van der Waals surface area contributed by atoms with Crippen LogP contribution in [0.2, 0.25) is 0 Å². The van der Waals surface area contributed by atoms with E-state index in [1.54, 1.807) is 0 Å². The number of esters is 1. The second-order valence-electron chi connectivity index (χ2n) is 15.0. The molecule has 202 valence electrons. The Hall–Kier alpha value is -2.04. The molecule has 0 aromatic heterocycles.